The van der Waals surface area contributed by atoms with Crippen LogP contribution in [0.15, 0.2) is 52.8 Å². The van der Waals surface area contributed by atoms with Gasteiger partial charge in [-0.15, -0.1) is 0 Å². The van der Waals surface area contributed by atoms with Crippen molar-refractivity contribution < 1.29 is 9.21 Å². The van der Waals surface area contributed by atoms with Gasteiger partial charge in [0, 0.05) is 11.7 Å². The van der Waals surface area contributed by atoms with E-state index in [1.807, 2.05) is 17.0 Å². The van der Waals surface area contributed by atoms with Crippen molar-refractivity contribution in [2.45, 2.75) is 59.0 Å². The van der Waals surface area contributed by atoms with Crippen LogP contribution in [0, 0.1) is 13.8 Å². The van der Waals surface area contributed by atoms with E-state index in [0.717, 1.165) is 30.7 Å². The number of nitrogens with one attached hydrogen (secondary N) is 1. The normalized spacial score (nSPS) is 15.3. The molecule has 0 saturated heterocycles. The molecule has 1 N–H and O–H groups in total. The van der Waals surface area contributed by atoms with Crippen molar-refractivity contribution in [2.24, 2.45) is 0 Å². The SMILES string of the molecule is Cc1ccc(C)c([C@H](C)NCC(=O)N(Cc2ccco2)C2=CCCCC2)c1. The zero-order valence-corrected chi connectivity index (χ0v) is 16.6. The van der Waals surface area contributed by atoms with Gasteiger partial charge in [-0.1, -0.05) is 29.8 Å². The second kappa shape index (κ2) is 9.05. The van der Waals surface area contributed by atoms with Crippen LogP contribution in [0.3, 0.4) is 0 Å². The average Bonchev–Trinajstić information content (AvgIpc) is 3.20. The number of benzene rings is 1. The molecule has 1 aliphatic carbocycles. The van der Waals surface area contributed by atoms with Gasteiger partial charge in [0.15, 0.2) is 0 Å². The first-order valence-corrected chi connectivity index (χ1v) is 9.87. The Balaban J connectivity index is 1.68. The van der Waals surface area contributed by atoms with E-state index in [-0.39, 0.29) is 11.9 Å². The van der Waals surface area contributed by atoms with E-state index in [1.54, 1.807) is 6.26 Å². The predicted octanol–water partition coefficient (Wildman–Crippen LogP) is 5.03. The summed E-state index contributed by atoms with van der Waals surface area (Å²) < 4.78 is 5.49. The van der Waals surface area contributed by atoms with Crippen LogP contribution in [0.5, 0.6) is 0 Å². The molecule has 3 rings (SSSR count). The number of hydrogen-bond acceptors (Lipinski definition) is 3. The van der Waals surface area contributed by atoms with E-state index in [0.29, 0.717) is 13.1 Å². The fraction of sp³-hybridized carbons (Fsp3) is 0.435. The maximum absolute atomic E-state index is 13.0. The van der Waals surface area contributed by atoms with Crippen molar-refractivity contribution in [2.75, 3.05) is 6.54 Å². The highest BCUT2D eigenvalue weighted by Gasteiger charge is 2.21. The number of allylic oxidation sites excluding steroid dienone is 2. The van der Waals surface area contributed by atoms with Gasteiger partial charge >= 0.3 is 0 Å². The van der Waals surface area contributed by atoms with Crippen LogP contribution in [-0.4, -0.2) is 17.4 Å². The number of amides is 1. The molecule has 2 aromatic rings. The minimum atomic E-state index is 0.0942. The van der Waals surface area contributed by atoms with Crippen LogP contribution in [0.4, 0.5) is 0 Å². The summed E-state index contributed by atoms with van der Waals surface area (Å²) in [6.07, 6.45) is 8.21. The molecule has 1 aromatic carbocycles. The Kier molecular flexibility index (Phi) is 6.51. The lowest BCUT2D eigenvalue weighted by Crippen LogP contribution is -2.38. The number of carbonyl (C=O) groups excluding carboxylic acids is 1. The fourth-order valence-corrected chi connectivity index (χ4v) is 3.65. The van der Waals surface area contributed by atoms with E-state index >= 15 is 0 Å². The Morgan fingerprint density at radius 3 is 2.81 bits per heavy atom. The number of furan rings is 1. The number of hydrogen-bond donors (Lipinski definition) is 1. The average molecular weight is 367 g/mol. The van der Waals surface area contributed by atoms with Crippen molar-refractivity contribution in [1.29, 1.82) is 0 Å². The van der Waals surface area contributed by atoms with Crippen LogP contribution in [0.1, 0.15) is 61.1 Å². The second-order valence-electron chi connectivity index (χ2n) is 7.46. The van der Waals surface area contributed by atoms with Crippen LogP contribution >= 0.6 is 0 Å². The molecule has 0 saturated carbocycles. The van der Waals surface area contributed by atoms with Gasteiger partial charge in [0.05, 0.1) is 19.4 Å². The van der Waals surface area contributed by atoms with Crippen molar-refractivity contribution in [3.8, 4) is 0 Å². The van der Waals surface area contributed by atoms with Crippen molar-refractivity contribution in [3.63, 3.8) is 0 Å². The highest BCUT2D eigenvalue weighted by Crippen LogP contribution is 2.24. The predicted molar refractivity (Wildman–Crippen MR) is 108 cm³/mol. The highest BCUT2D eigenvalue weighted by atomic mass is 16.3. The van der Waals surface area contributed by atoms with Crippen molar-refractivity contribution >= 4 is 5.91 Å². The van der Waals surface area contributed by atoms with Crippen LogP contribution < -0.4 is 5.32 Å². The summed E-state index contributed by atoms with van der Waals surface area (Å²) in [6, 6.07) is 10.4. The Bertz CT molecular complexity index is 793. The van der Waals surface area contributed by atoms with Crippen molar-refractivity contribution in [3.05, 3.63) is 70.8 Å². The first-order valence-electron chi connectivity index (χ1n) is 9.87. The molecule has 4 heteroatoms. The van der Waals surface area contributed by atoms with Gasteiger partial charge in [-0.05, 0) is 69.7 Å². The van der Waals surface area contributed by atoms with Crippen LogP contribution in [-0.2, 0) is 11.3 Å². The summed E-state index contributed by atoms with van der Waals surface area (Å²) in [6.45, 7) is 7.14. The number of nitrogens with zero attached hydrogens (tertiary/aromatic N) is 1. The molecule has 0 spiro atoms. The van der Waals surface area contributed by atoms with Gasteiger partial charge in [0.25, 0.3) is 0 Å². The second-order valence-corrected chi connectivity index (χ2v) is 7.46. The Labute approximate surface area is 162 Å². The van der Waals surface area contributed by atoms with Crippen LogP contribution in [0.25, 0.3) is 0 Å². The molecule has 0 unspecified atom stereocenters. The molecule has 144 valence electrons. The smallest absolute Gasteiger partial charge is 0.241 e. The summed E-state index contributed by atoms with van der Waals surface area (Å²) in [5.74, 6) is 0.911. The van der Waals surface area contributed by atoms with E-state index in [2.05, 4.69) is 50.4 Å². The summed E-state index contributed by atoms with van der Waals surface area (Å²) in [7, 11) is 0. The third-order valence-electron chi connectivity index (χ3n) is 5.27. The first kappa shape index (κ1) is 19.4. The van der Waals surface area contributed by atoms with Gasteiger partial charge in [-0.2, -0.15) is 0 Å². The quantitative estimate of drug-likeness (QED) is 0.747. The lowest BCUT2D eigenvalue weighted by molar-refractivity contribution is -0.129. The maximum Gasteiger partial charge on any atom is 0.241 e. The van der Waals surface area contributed by atoms with E-state index < -0.39 is 0 Å². The summed E-state index contributed by atoms with van der Waals surface area (Å²) in [5.41, 5.74) is 4.86. The lowest BCUT2D eigenvalue weighted by atomic mass is 10.00. The molecule has 1 aliphatic rings. The van der Waals surface area contributed by atoms with Gasteiger partial charge in [-0.25, -0.2) is 0 Å². The van der Waals surface area contributed by atoms with Gasteiger partial charge in [0.2, 0.25) is 5.91 Å². The van der Waals surface area contributed by atoms with E-state index in [4.69, 9.17) is 4.42 Å². The molecule has 1 aromatic heterocycles. The molecular formula is C23H30N2O2. The third-order valence-corrected chi connectivity index (χ3v) is 5.27. The molecule has 0 bridgehead atoms. The van der Waals surface area contributed by atoms with Crippen LogP contribution in [0.2, 0.25) is 0 Å². The molecule has 1 amide bonds. The van der Waals surface area contributed by atoms with Gasteiger partial charge in [0.1, 0.15) is 5.76 Å². The fourth-order valence-electron chi connectivity index (χ4n) is 3.65. The molecule has 1 heterocycles. The molecule has 0 aliphatic heterocycles. The Morgan fingerprint density at radius 1 is 1.26 bits per heavy atom. The van der Waals surface area contributed by atoms with E-state index in [1.165, 1.54) is 23.1 Å². The third kappa shape index (κ3) is 5.10. The zero-order valence-electron chi connectivity index (χ0n) is 16.6. The Morgan fingerprint density at radius 2 is 2.11 bits per heavy atom. The number of rotatable bonds is 7. The molecule has 0 radical (unpaired) electrons. The van der Waals surface area contributed by atoms with Gasteiger partial charge in [-0.3, -0.25) is 4.79 Å². The lowest BCUT2D eigenvalue weighted by Gasteiger charge is -2.28. The Hall–Kier alpha value is -2.33. The minimum absolute atomic E-state index is 0.0942. The summed E-state index contributed by atoms with van der Waals surface area (Å²) in [4.78, 5) is 14.9. The summed E-state index contributed by atoms with van der Waals surface area (Å²) >= 11 is 0. The maximum atomic E-state index is 13.0. The standard InChI is InChI=1S/C23H30N2O2/c1-17-11-12-18(2)22(14-17)19(3)24-15-23(26)25(16-21-10-7-13-27-21)20-8-5-4-6-9-20/h7-8,10-14,19,24H,4-6,9,15-16H2,1-3H3/t19-/m0/s1. The molecule has 4 nitrogen and oxygen atoms in total. The molecular weight excluding hydrogens is 336 g/mol. The first-order chi connectivity index (χ1) is 13.0. The van der Waals surface area contributed by atoms with E-state index in [9.17, 15) is 4.79 Å². The van der Waals surface area contributed by atoms with Crippen molar-refractivity contribution in [1.82, 2.24) is 10.2 Å². The summed E-state index contributed by atoms with van der Waals surface area (Å²) in [5, 5.41) is 3.42. The number of carbonyl (C=O) groups is 1. The largest absolute Gasteiger partial charge is 0.467 e. The molecule has 1 atom stereocenters. The topological polar surface area (TPSA) is 45.5 Å². The zero-order chi connectivity index (χ0) is 19.2. The molecule has 27 heavy (non-hydrogen) atoms. The monoisotopic (exact) mass is 366 g/mol. The minimum Gasteiger partial charge on any atom is -0.467 e. The highest BCUT2D eigenvalue weighted by molar-refractivity contribution is 5.80. The van der Waals surface area contributed by atoms with Gasteiger partial charge < -0.3 is 14.6 Å². The number of aryl methyl sites for hydroxylation is 2. The molecule has 0 fully saturated rings.